The quantitative estimate of drug-likeness (QED) is 0.762. The predicted molar refractivity (Wildman–Crippen MR) is 78.7 cm³/mol. The van der Waals surface area contributed by atoms with Gasteiger partial charge in [0.15, 0.2) is 0 Å². The lowest BCUT2D eigenvalue weighted by Gasteiger charge is -2.44. The second kappa shape index (κ2) is 5.50. The maximum absolute atomic E-state index is 2.72. The van der Waals surface area contributed by atoms with Crippen molar-refractivity contribution in [2.24, 2.45) is 23.7 Å². The van der Waals surface area contributed by atoms with E-state index in [-0.39, 0.29) is 0 Å². The van der Waals surface area contributed by atoms with Gasteiger partial charge in [0.25, 0.3) is 0 Å². The number of nitrogens with zero attached hydrogens (tertiary/aromatic N) is 2. The Morgan fingerprint density at radius 1 is 0.722 bits per heavy atom. The second-order valence-electron chi connectivity index (χ2n) is 7.43. The SMILES string of the molecule is CC(C)[C@@H]1CN(C(C)C)C[C@@H]2CN(C(C)C)C[C@H]21. The van der Waals surface area contributed by atoms with Crippen molar-refractivity contribution in [3.05, 3.63) is 0 Å². The second-order valence-corrected chi connectivity index (χ2v) is 7.43. The van der Waals surface area contributed by atoms with Crippen molar-refractivity contribution in [2.75, 3.05) is 26.2 Å². The molecule has 2 aliphatic rings. The van der Waals surface area contributed by atoms with Crippen molar-refractivity contribution < 1.29 is 0 Å². The van der Waals surface area contributed by atoms with Crippen molar-refractivity contribution in [1.29, 1.82) is 0 Å². The number of hydrogen-bond donors (Lipinski definition) is 0. The van der Waals surface area contributed by atoms with Gasteiger partial charge in [-0.2, -0.15) is 0 Å². The summed E-state index contributed by atoms with van der Waals surface area (Å²) in [6.45, 7) is 19.6. The number of fused-ring (bicyclic) bond motifs is 1. The summed E-state index contributed by atoms with van der Waals surface area (Å²) in [4.78, 5) is 5.42. The van der Waals surface area contributed by atoms with E-state index in [0.717, 1.165) is 29.7 Å². The lowest BCUT2D eigenvalue weighted by molar-refractivity contribution is 0.0439. The molecule has 2 fully saturated rings. The van der Waals surface area contributed by atoms with Crippen molar-refractivity contribution in [3.63, 3.8) is 0 Å². The van der Waals surface area contributed by atoms with Crippen molar-refractivity contribution >= 4 is 0 Å². The van der Waals surface area contributed by atoms with Crippen molar-refractivity contribution in [3.8, 4) is 0 Å². The minimum Gasteiger partial charge on any atom is -0.300 e. The minimum atomic E-state index is 0.709. The first-order valence-corrected chi connectivity index (χ1v) is 7.88. The van der Waals surface area contributed by atoms with Crippen molar-refractivity contribution in [1.82, 2.24) is 9.80 Å². The van der Waals surface area contributed by atoms with Crippen LogP contribution in [0.2, 0.25) is 0 Å². The summed E-state index contributed by atoms with van der Waals surface area (Å²) in [6.07, 6.45) is 0. The fourth-order valence-corrected chi connectivity index (χ4v) is 3.94. The van der Waals surface area contributed by atoms with Gasteiger partial charge in [0.2, 0.25) is 0 Å². The van der Waals surface area contributed by atoms with Gasteiger partial charge in [0.1, 0.15) is 0 Å². The Morgan fingerprint density at radius 2 is 1.22 bits per heavy atom. The van der Waals surface area contributed by atoms with Gasteiger partial charge in [-0.3, -0.25) is 0 Å². The summed E-state index contributed by atoms with van der Waals surface area (Å²) < 4.78 is 0. The highest BCUT2D eigenvalue weighted by atomic mass is 15.2. The molecule has 0 amide bonds. The summed E-state index contributed by atoms with van der Waals surface area (Å²) in [5, 5.41) is 0. The van der Waals surface area contributed by atoms with Crippen molar-refractivity contribution in [2.45, 2.75) is 53.6 Å². The van der Waals surface area contributed by atoms with Crippen LogP contribution in [0.4, 0.5) is 0 Å². The van der Waals surface area contributed by atoms with Gasteiger partial charge in [-0.1, -0.05) is 13.8 Å². The summed E-state index contributed by atoms with van der Waals surface area (Å²) in [6, 6.07) is 1.43. The van der Waals surface area contributed by atoms with E-state index in [1.165, 1.54) is 26.2 Å². The van der Waals surface area contributed by atoms with E-state index in [0.29, 0.717) is 6.04 Å². The molecular weight excluding hydrogens is 220 g/mol. The monoisotopic (exact) mass is 252 g/mol. The predicted octanol–water partition coefficient (Wildman–Crippen LogP) is 2.94. The number of hydrogen-bond acceptors (Lipinski definition) is 2. The Kier molecular flexibility index (Phi) is 4.38. The van der Waals surface area contributed by atoms with Crippen LogP contribution in [0.25, 0.3) is 0 Å². The topological polar surface area (TPSA) is 6.48 Å². The molecule has 0 spiro atoms. The normalized spacial score (nSPS) is 34.8. The van der Waals surface area contributed by atoms with Gasteiger partial charge in [0.05, 0.1) is 0 Å². The lowest BCUT2D eigenvalue weighted by atomic mass is 9.74. The van der Waals surface area contributed by atoms with Gasteiger partial charge >= 0.3 is 0 Å². The number of rotatable bonds is 3. The first-order valence-electron chi connectivity index (χ1n) is 7.88. The molecule has 0 aromatic carbocycles. The molecule has 2 rings (SSSR count). The summed E-state index contributed by atoms with van der Waals surface area (Å²) in [5.41, 5.74) is 0. The van der Waals surface area contributed by atoms with E-state index < -0.39 is 0 Å². The van der Waals surface area contributed by atoms with E-state index in [1.54, 1.807) is 0 Å². The van der Waals surface area contributed by atoms with Gasteiger partial charge in [-0.15, -0.1) is 0 Å². The molecule has 106 valence electrons. The third-order valence-electron chi connectivity index (χ3n) is 5.30. The minimum absolute atomic E-state index is 0.709. The standard InChI is InChI=1S/C16H32N2/c1-11(2)15-9-17(12(3)4)7-14-8-18(13(5)6)10-16(14)15/h11-16H,7-10H2,1-6H3/t14-,15+,16-/m1/s1. The summed E-state index contributed by atoms with van der Waals surface area (Å²) >= 11 is 0. The first kappa shape index (κ1) is 14.3. The molecule has 0 aliphatic carbocycles. The number of likely N-dealkylation sites (tertiary alicyclic amines) is 2. The highest BCUT2D eigenvalue weighted by Gasteiger charge is 2.44. The molecule has 0 unspecified atom stereocenters. The Bertz CT molecular complexity index is 272. The molecule has 2 aliphatic heterocycles. The highest BCUT2D eigenvalue weighted by molar-refractivity contribution is 4.96. The van der Waals surface area contributed by atoms with Crippen LogP contribution < -0.4 is 0 Å². The molecule has 2 heterocycles. The Balaban J connectivity index is 2.11. The van der Waals surface area contributed by atoms with Gasteiger partial charge in [-0.05, 0) is 51.4 Å². The smallest absolute Gasteiger partial charge is 0.00388 e. The highest BCUT2D eigenvalue weighted by Crippen LogP contribution is 2.39. The average molecular weight is 252 g/mol. The third-order valence-corrected chi connectivity index (χ3v) is 5.30. The third kappa shape index (κ3) is 2.75. The number of piperidine rings is 1. The fraction of sp³-hybridized carbons (Fsp3) is 1.00. The molecule has 2 saturated heterocycles. The van der Waals surface area contributed by atoms with Crippen LogP contribution in [0.15, 0.2) is 0 Å². The van der Waals surface area contributed by atoms with Crippen LogP contribution in [0.1, 0.15) is 41.5 Å². The summed E-state index contributed by atoms with van der Waals surface area (Å²) in [5.74, 6) is 3.58. The Morgan fingerprint density at radius 3 is 1.67 bits per heavy atom. The molecule has 3 atom stereocenters. The van der Waals surface area contributed by atoms with Gasteiger partial charge < -0.3 is 9.80 Å². The fourth-order valence-electron chi connectivity index (χ4n) is 3.94. The zero-order chi connectivity index (χ0) is 13.4. The molecule has 0 N–H and O–H groups in total. The largest absolute Gasteiger partial charge is 0.300 e. The zero-order valence-corrected chi connectivity index (χ0v) is 13.2. The molecule has 18 heavy (non-hydrogen) atoms. The van der Waals surface area contributed by atoms with Crippen LogP contribution >= 0.6 is 0 Å². The van der Waals surface area contributed by atoms with Crippen LogP contribution in [0, 0.1) is 23.7 Å². The molecule has 0 saturated carbocycles. The summed E-state index contributed by atoms with van der Waals surface area (Å²) in [7, 11) is 0. The van der Waals surface area contributed by atoms with Crippen LogP contribution in [0.3, 0.4) is 0 Å². The van der Waals surface area contributed by atoms with E-state index >= 15 is 0 Å². The molecule has 2 nitrogen and oxygen atoms in total. The molecule has 0 aromatic heterocycles. The molecule has 2 heteroatoms. The maximum Gasteiger partial charge on any atom is 0.00388 e. The Labute approximate surface area is 114 Å². The maximum atomic E-state index is 2.72. The molecule has 0 bridgehead atoms. The van der Waals surface area contributed by atoms with E-state index in [2.05, 4.69) is 51.3 Å². The van der Waals surface area contributed by atoms with Crippen LogP contribution in [-0.4, -0.2) is 48.1 Å². The molecule has 0 radical (unpaired) electrons. The van der Waals surface area contributed by atoms with Crippen LogP contribution in [0.5, 0.6) is 0 Å². The van der Waals surface area contributed by atoms with Gasteiger partial charge in [-0.25, -0.2) is 0 Å². The average Bonchev–Trinajstić information content (AvgIpc) is 2.70. The van der Waals surface area contributed by atoms with E-state index in [4.69, 9.17) is 0 Å². The molecule has 0 aromatic rings. The first-order chi connectivity index (χ1) is 8.40. The Hall–Kier alpha value is -0.0800. The zero-order valence-electron chi connectivity index (χ0n) is 13.2. The lowest BCUT2D eigenvalue weighted by Crippen LogP contribution is -2.50. The molecular formula is C16H32N2. The van der Waals surface area contributed by atoms with E-state index in [1.807, 2.05) is 0 Å². The van der Waals surface area contributed by atoms with Gasteiger partial charge in [0, 0.05) is 38.3 Å². The van der Waals surface area contributed by atoms with Crippen LogP contribution in [-0.2, 0) is 0 Å². The van der Waals surface area contributed by atoms with E-state index in [9.17, 15) is 0 Å².